The van der Waals surface area contributed by atoms with Crippen LogP contribution in [0.3, 0.4) is 0 Å². The van der Waals surface area contributed by atoms with Crippen LogP contribution in [0, 0.1) is 5.92 Å². The van der Waals surface area contributed by atoms with Gasteiger partial charge in [-0.3, -0.25) is 4.90 Å². The lowest BCUT2D eigenvalue weighted by atomic mass is 9.98. The lowest BCUT2D eigenvalue weighted by Crippen LogP contribution is -2.56. The van der Waals surface area contributed by atoms with E-state index in [9.17, 15) is 0 Å². The van der Waals surface area contributed by atoms with Gasteiger partial charge in [0.2, 0.25) is 0 Å². The summed E-state index contributed by atoms with van der Waals surface area (Å²) >= 11 is 0. The van der Waals surface area contributed by atoms with E-state index in [2.05, 4.69) is 37.9 Å². The zero-order valence-electron chi connectivity index (χ0n) is 10.2. The smallest absolute Gasteiger partial charge is 0.0223 e. The van der Waals surface area contributed by atoms with Gasteiger partial charge in [0.15, 0.2) is 0 Å². The third-order valence-corrected chi connectivity index (χ3v) is 3.26. The van der Waals surface area contributed by atoms with Crippen molar-refractivity contribution >= 4 is 0 Å². The van der Waals surface area contributed by atoms with Crippen molar-refractivity contribution in [1.82, 2.24) is 10.2 Å². The maximum atomic E-state index is 3.65. The molecule has 0 aromatic rings. The van der Waals surface area contributed by atoms with Crippen molar-refractivity contribution in [1.29, 1.82) is 0 Å². The Hall–Kier alpha value is -0.0800. The molecule has 0 aliphatic carbocycles. The van der Waals surface area contributed by atoms with Gasteiger partial charge >= 0.3 is 0 Å². The molecule has 1 fully saturated rings. The molecule has 14 heavy (non-hydrogen) atoms. The fourth-order valence-electron chi connectivity index (χ4n) is 2.37. The molecule has 2 nitrogen and oxygen atoms in total. The summed E-state index contributed by atoms with van der Waals surface area (Å²) in [6, 6.07) is 1.49. The van der Waals surface area contributed by atoms with Crippen LogP contribution < -0.4 is 5.32 Å². The van der Waals surface area contributed by atoms with Gasteiger partial charge in [0.25, 0.3) is 0 Å². The van der Waals surface area contributed by atoms with E-state index in [1.807, 2.05) is 0 Å². The Morgan fingerprint density at radius 3 is 2.57 bits per heavy atom. The first kappa shape index (κ1) is 12.0. The maximum Gasteiger partial charge on any atom is 0.0223 e. The first-order valence-corrected chi connectivity index (χ1v) is 6.14. The largest absolute Gasteiger partial charge is 0.311 e. The summed E-state index contributed by atoms with van der Waals surface area (Å²) in [5.74, 6) is 0.814. The molecule has 1 aliphatic rings. The van der Waals surface area contributed by atoms with Crippen LogP contribution in [0.2, 0.25) is 0 Å². The number of hydrogen-bond donors (Lipinski definition) is 1. The highest BCUT2D eigenvalue weighted by molar-refractivity contribution is 4.85. The molecule has 0 amide bonds. The summed E-state index contributed by atoms with van der Waals surface area (Å²) in [5, 5.41) is 3.65. The van der Waals surface area contributed by atoms with E-state index in [0.29, 0.717) is 0 Å². The Kier molecular flexibility index (Phi) is 4.90. The topological polar surface area (TPSA) is 15.3 Å². The van der Waals surface area contributed by atoms with Gasteiger partial charge in [0.05, 0.1) is 0 Å². The first-order chi connectivity index (χ1) is 6.67. The Bertz CT molecular complexity index is 156. The average Bonchev–Trinajstić information content (AvgIpc) is 2.17. The molecule has 1 saturated heterocycles. The van der Waals surface area contributed by atoms with E-state index < -0.39 is 0 Å². The van der Waals surface area contributed by atoms with Crippen LogP contribution >= 0.6 is 0 Å². The predicted molar refractivity (Wildman–Crippen MR) is 62.6 cm³/mol. The molecular weight excluding hydrogens is 172 g/mol. The van der Waals surface area contributed by atoms with Gasteiger partial charge in [-0.15, -0.1) is 0 Å². The number of nitrogens with one attached hydrogen (secondary N) is 1. The Labute approximate surface area is 89.1 Å². The van der Waals surface area contributed by atoms with Gasteiger partial charge in [-0.1, -0.05) is 27.7 Å². The van der Waals surface area contributed by atoms with Crippen LogP contribution in [0.15, 0.2) is 0 Å². The molecule has 0 spiro atoms. The molecule has 1 aliphatic heterocycles. The van der Waals surface area contributed by atoms with Crippen molar-refractivity contribution in [3.8, 4) is 0 Å². The SMILES string of the molecule is CCC1CN(CC)C(CC(C)C)CN1. The van der Waals surface area contributed by atoms with Gasteiger partial charge < -0.3 is 5.32 Å². The molecule has 0 aromatic carbocycles. The third-order valence-electron chi connectivity index (χ3n) is 3.26. The second-order valence-electron chi connectivity index (χ2n) is 4.88. The zero-order valence-corrected chi connectivity index (χ0v) is 10.2. The van der Waals surface area contributed by atoms with Crippen molar-refractivity contribution in [3.05, 3.63) is 0 Å². The summed E-state index contributed by atoms with van der Waals surface area (Å²) < 4.78 is 0. The molecule has 0 aromatic heterocycles. The minimum Gasteiger partial charge on any atom is -0.311 e. The number of piperazine rings is 1. The summed E-state index contributed by atoms with van der Waals surface area (Å²) in [6.45, 7) is 12.8. The predicted octanol–water partition coefficient (Wildman–Crippen LogP) is 2.10. The number of likely N-dealkylation sites (N-methyl/N-ethyl adjacent to an activating group) is 1. The van der Waals surface area contributed by atoms with Gasteiger partial charge in [0.1, 0.15) is 0 Å². The molecule has 0 saturated carbocycles. The molecule has 0 bridgehead atoms. The van der Waals surface area contributed by atoms with E-state index in [1.165, 1.54) is 32.5 Å². The second kappa shape index (κ2) is 5.72. The summed E-state index contributed by atoms with van der Waals surface area (Å²) in [6.07, 6.45) is 2.59. The molecule has 2 unspecified atom stereocenters. The summed E-state index contributed by atoms with van der Waals surface area (Å²) in [5.41, 5.74) is 0. The number of hydrogen-bond acceptors (Lipinski definition) is 2. The highest BCUT2D eigenvalue weighted by atomic mass is 15.2. The van der Waals surface area contributed by atoms with E-state index in [-0.39, 0.29) is 0 Å². The standard InChI is InChI=1S/C12H26N2/c1-5-11-9-14(6-2)12(8-13-11)7-10(3)4/h10-13H,5-9H2,1-4H3. The lowest BCUT2D eigenvalue weighted by molar-refractivity contribution is 0.119. The van der Waals surface area contributed by atoms with E-state index >= 15 is 0 Å². The number of nitrogens with zero attached hydrogens (tertiary/aromatic N) is 1. The Morgan fingerprint density at radius 2 is 2.07 bits per heavy atom. The minimum absolute atomic E-state index is 0.721. The van der Waals surface area contributed by atoms with Crippen molar-refractivity contribution in [2.75, 3.05) is 19.6 Å². The quantitative estimate of drug-likeness (QED) is 0.744. The van der Waals surface area contributed by atoms with Crippen LogP contribution in [-0.2, 0) is 0 Å². The highest BCUT2D eigenvalue weighted by Gasteiger charge is 2.25. The fourth-order valence-corrected chi connectivity index (χ4v) is 2.37. The van der Waals surface area contributed by atoms with Crippen LogP contribution in [0.25, 0.3) is 0 Å². The minimum atomic E-state index is 0.721. The van der Waals surface area contributed by atoms with Crippen LogP contribution in [0.1, 0.15) is 40.5 Å². The first-order valence-electron chi connectivity index (χ1n) is 6.14. The van der Waals surface area contributed by atoms with Crippen LogP contribution in [0.4, 0.5) is 0 Å². The van der Waals surface area contributed by atoms with Crippen molar-refractivity contribution < 1.29 is 0 Å². The van der Waals surface area contributed by atoms with Gasteiger partial charge in [-0.2, -0.15) is 0 Å². The Balaban J connectivity index is 2.43. The normalized spacial score (nSPS) is 29.8. The Morgan fingerprint density at radius 1 is 1.36 bits per heavy atom. The van der Waals surface area contributed by atoms with Crippen molar-refractivity contribution in [2.45, 2.75) is 52.6 Å². The molecule has 84 valence electrons. The van der Waals surface area contributed by atoms with E-state index in [4.69, 9.17) is 0 Å². The van der Waals surface area contributed by atoms with Crippen LogP contribution in [-0.4, -0.2) is 36.6 Å². The van der Waals surface area contributed by atoms with Gasteiger partial charge in [-0.05, 0) is 25.3 Å². The summed E-state index contributed by atoms with van der Waals surface area (Å²) in [4.78, 5) is 2.64. The van der Waals surface area contributed by atoms with E-state index in [1.54, 1.807) is 0 Å². The van der Waals surface area contributed by atoms with E-state index in [0.717, 1.165) is 18.0 Å². The molecule has 1 rings (SSSR count). The molecule has 0 radical (unpaired) electrons. The number of rotatable bonds is 4. The lowest BCUT2D eigenvalue weighted by Gasteiger charge is -2.40. The van der Waals surface area contributed by atoms with Crippen molar-refractivity contribution in [3.63, 3.8) is 0 Å². The summed E-state index contributed by atoms with van der Waals surface area (Å²) in [7, 11) is 0. The van der Waals surface area contributed by atoms with Crippen LogP contribution in [0.5, 0.6) is 0 Å². The average molecular weight is 198 g/mol. The molecule has 2 atom stereocenters. The monoisotopic (exact) mass is 198 g/mol. The zero-order chi connectivity index (χ0) is 10.6. The second-order valence-corrected chi connectivity index (χ2v) is 4.88. The fraction of sp³-hybridized carbons (Fsp3) is 1.00. The maximum absolute atomic E-state index is 3.65. The molecular formula is C12H26N2. The molecule has 1 N–H and O–H groups in total. The van der Waals surface area contributed by atoms with Gasteiger partial charge in [-0.25, -0.2) is 0 Å². The molecule has 2 heteroatoms. The molecule has 1 heterocycles. The third kappa shape index (κ3) is 3.25. The van der Waals surface area contributed by atoms with Gasteiger partial charge in [0, 0.05) is 25.2 Å². The van der Waals surface area contributed by atoms with Crippen molar-refractivity contribution in [2.24, 2.45) is 5.92 Å². The highest BCUT2D eigenvalue weighted by Crippen LogP contribution is 2.15.